The van der Waals surface area contributed by atoms with Crippen molar-refractivity contribution in [3.63, 3.8) is 0 Å². The second kappa shape index (κ2) is 4.66. The van der Waals surface area contributed by atoms with Crippen molar-refractivity contribution >= 4 is 0 Å². The Hall–Kier alpha value is 0.660. The first-order valence-corrected chi connectivity index (χ1v) is 1.17. The fourth-order valence-corrected chi connectivity index (χ4v) is 0. The summed E-state index contributed by atoms with van der Waals surface area (Å²) in [7, 11) is 0. The summed E-state index contributed by atoms with van der Waals surface area (Å²) in [5, 5.41) is 7.83. The Morgan fingerprint density at radius 1 is 1.80 bits per heavy atom. The smallest absolute Gasteiger partial charge is 0.0991 e. The maximum absolute atomic E-state index is 7.83. The summed E-state index contributed by atoms with van der Waals surface area (Å²) in [5.41, 5.74) is 4.67. The van der Waals surface area contributed by atoms with Crippen molar-refractivity contribution in [2.24, 2.45) is 5.73 Å². The van der Waals surface area contributed by atoms with Crippen molar-refractivity contribution in [2.45, 2.75) is 13.2 Å². The molecule has 0 fully saturated rings. The fourth-order valence-electron chi connectivity index (χ4n) is 0. The Labute approximate surface area is 46.9 Å². The van der Waals surface area contributed by atoms with Gasteiger partial charge in [-0.15, -0.1) is 0 Å². The second-order valence-corrected chi connectivity index (χ2v) is 0.741. The topological polar surface area (TPSA) is 46.2 Å². The number of hydrogen-bond acceptors (Lipinski definition) is 2. The molecule has 0 aliphatic carbocycles. The van der Waals surface area contributed by atoms with Gasteiger partial charge in [0.05, 0.1) is 6.23 Å². The van der Waals surface area contributed by atoms with Crippen LogP contribution in [0.2, 0.25) is 0 Å². The van der Waals surface area contributed by atoms with E-state index in [1.165, 1.54) is 6.92 Å². The van der Waals surface area contributed by atoms with Crippen LogP contribution in [-0.4, -0.2) is 11.3 Å². The largest absolute Gasteiger partial charge is 0.379 e. The maximum atomic E-state index is 7.83. The van der Waals surface area contributed by atoms with E-state index in [-0.39, 0.29) is 22.4 Å². The third-order valence-electron chi connectivity index (χ3n) is 0. The predicted molar refractivity (Wildman–Crippen MR) is 15.9 cm³/mol. The summed E-state index contributed by atoms with van der Waals surface area (Å²) in [5.74, 6) is 0. The van der Waals surface area contributed by atoms with E-state index in [0.717, 1.165) is 0 Å². The molecule has 1 atom stereocenters. The maximum Gasteiger partial charge on any atom is 0.0991 e. The van der Waals surface area contributed by atoms with Crippen molar-refractivity contribution in [3.05, 3.63) is 0 Å². The van der Waals surface area contributed by atoms with Crippen molar-refractivity contribution in [1.29, 1.82) is 0 Å². The summed E-state index contributed by atoms with van der Waals surface area (Å²) >= 11 is 0. The Bertz CT molecular complexity index is 14.4. The van der Waals surface area contributed by atoms with Crippen LogP contribution in [0.25, 0.3) is 0 Å². The average Bonchev–Trinajstić information content (AvgIpc) is 0.811. The van der Waals surface area contributed by atoms with E-state index in [1.807, 2.05) is 0 Å². The predicted octanol–water partition coefficient (Wildman–Crippen LogP) is -0.719. The zero-order valence-electron chi connectivity index (χ0n) is 2.90. The van der Waals surface area contributed by atoms with Gasteiger partial charge in [-0.2, -0.15) is 0 Å². The van der Waals surface area contributed by atoms with Gasteiger partial charge in [-0.05, 0) is 6.92 Å². The number of aliphatic hydroxyl groups is 1. The van der Waals surface area contributed by atoms with Gasteiger partial charge in [-0.1, -0.05) is 0 Å². The normalized spacial score (nSPS) is 12.6. The molecule has 0 spiro atoms. The molecule has 0 aromatic carbocycles. The van der Waals surface area contributed by atoms with Crippen molar-refractivity contribution < 1.29 is 27.5 Å². The molecule has 0 aliphatic rings. The van der Waals surface area contributed by atoms with Gasteiger partial charge in [0, 0.05) is 22.4 Å². The van der Waals surface area contributed by atoms with Crippen LogP contribution in [0.3, 0.4) is 0 Å². The molecule has 0 aromatic rings. The van der Waals surface area contributed by atoms with Crippen molar-refractivity contribution in [3.8, 4) is 0 Å². The molecule has 3 heteroatoms. The van der Waals surface area contributed by atoms with Crippen LogP contribution >= 0.6 is 0 Å². The molecular formula is C2H7AuNO. The summed E-state index contributed by atoms with van der Waals surface area (Å²) in [6, 6.07) is 0. The van der Waals surface area contributed by atoms with Crippen LogP contribution in [-0.2, 0) is 22.4 Å². The van der Waals surface area contributed by atoms with Gasteiger partial charge < -0.3 is 10.8 Å². The quantitative estimate of drug-likeness (QED) is 0.445. The van der Waals surface area contributed by atoms with E-state index in [2.05, 4.69) is 5.73 Å². The first-order chi connectivity index (χ1) is 1.73. The van der Waals surface area contributed by atoms with Crippen LogP contribution in [0, 0.1) is 0 Å². The number of hydrogen-bond donors (Lipinski definition) is 2. The second-order valence-electron chi connectivity index (χ2n) is 0.741. The molecule has 1 unspecified atom stereocenters. The van der Waals surface area contributed by atoms with Crippen LogP contribution < -0.4 is 5.73 Å². The van der Waals surface area contributed by atoms with E-state index in [1.54, 1.807) is 0 Å². The minimum absolute atomic E-state index is 0. The SMILES string of the molecule is CC(N)O.[Au]. The summed E-state index contributed by atoms with van der Waals surface area (Å²) < 4.78 is 0. The molecule has 5 heavy (non-hydrogen) atoms. The monoisotopic (exact) mass is 258 g/mol. The van der Waals surface area contributed by atoms with Gasteiger partial charge in [-0.3, -0.25) is 0 Å². The third kappa shape index (κ3) is 75.7. The number of rotatable bonds is 0. The average molecular weight is 258 g/mol. The first kappa shape index (κ1) is 9.18. The van der Waals surface area contributed by atoms with Crippen molar-refractivity contribution in [2.75, 3.05) is 0 Å². The molecule has 0 saturated heterocycles. The zero-order valence-corrected chi connectivity index (χ0v) is 5.07. The van der Waals surface area contributed by atoms with Crippen molar-refractivity contribution in [1.82, 2.24) is 0 Å². The van der Waals surface area contributed by atoms with E-state index in [9.17, 15) is 0 Å². The molecule has 0 amide bonds. The minimum Gasteiger partial charge on any atom is -0.379 e. The van der Waals surface area contributed by atoms with Gasteiger partial charge in [0.25, 0.3) is 0 Å². The molecule has 0 saturated carbocycles. The molecule has 0 rings (SSSR count). The molecule has 0 bridgehead atoms. The summed E-state index contributed by atoms with van der Waals surface area (Å²) in [6.45, 7) is 1.50. The van der Waals surface area contributed by atoms with Gasteiger partial charge >= 0.3 is 0 Å². The fraction of sp³-hybridized carbons (Fsp3) is 1.00. The number of aliphatic hydroxyl groups excluding tert-OH is 1. The third-order valence-corrected chi connectivity index (χ3v) is 0. The van der Waals surface area contributed by atoms with Gasteiger partial charge in [-0.25, -0.2) is 0 Å². The Morgan fingerprint density at radius 2 is 1.80 bits per heavy atom. The Balaban J connectivity index is 0. The van der Waals surface area contributed by atoms with E-state index < -0.39 is 6.23 Å². The first-order valence-electron chi connectivity index (χ1n) is 1.17. The Kier molecular flexibility index (Phi) is 8.55. The van der Waals surface area contributed by atoms with Gasteiger partial charge in [0.2, 0.25) is 0 Å². The van der Waals surface area contributed by atoms with Crippen LogP contribution in [0.1, 0.15) is 6.92 Å². The summed E-state index contributed by atoms with van der Waals surface area (Å²) in [4.78, 5) is 0. The van der Waals surface area contributed by atoms with E-state index in [4.69, 9.17) is 5.11 Å². The molecule has 0 aromatic heterocycles. The van der Waals surface area contributed by atoms with Crippen LogP contribution in [0.5, 0.6) is 0 Å². The molecule has 3 N–H and O–H groups in total. The standard InChI is InChI=1S/C2H7NO.Au/c1-2(3)4;/h2,4H,3H2,1H3;. The summed E-state index contributed by atoms with van der Waals surface area (Å²) in [6.07, 6.45) is -0.667. The molecule has 0 aliphatic heterocycles. The zero-order chi connectivity index (χ0) is 3.58. The number of nitrogens with two attached hydrogens (primary N) is 1. The minimum atomic E-state index is -0.667. The molecular weight excluding hydrogens is 251 g/mol. The van der Waals surface area contributed by atoms with E-state index >= 15 is 0 Å². The molecule has 37 valence electrons. The van der Waals surface area contributed by atoms with E-state index in [0.29, 0.717) is 0 Å². The van der Waals surface area contributed by atoms with Crippen LogP contribution in [0.15, 0.2) is 0 Å². The molecule has 0 heterocycles. The van der Waals surface area contributed by atoms with Gasteiger partial charge in [0.1, 0.15) is 0 Å². The molecule has 1 radical (unpaired) electrons. The van der Waals surface area contributed by atoms with Crippen LogP contribution in [0.4, 0.5) is 0 Å². The Morgan fingerprint density at radius 3 is 1.80 bits per heavy atom. The van der Waals surface area contributed by atoms with Gasteiger partial charge in [0.15, 0.2) is 0 Å². The molecule has 2 nitrogen and oxygen atoms in total.